The molecule has 8 heteroatoms. The fourth-order valence-electron chi connectivity index (χ4n) is 2.82. The number of sulfone groups is 1. The molecule has 3 aromatic rings. The summed E-state index contributed by atoms with van der Waals surface area (Å²) in [4.78, 5) is 25.0. The van der Waals surface area contributed by atoms with Crippen molar-refractivity contribution in [2.24, 2.45) is 0 Å². The van der Waals surface area contributed by atoms with Gasteiger partial charge >= 0.3 is 0 Å². The molecule has 30 heavy (non-hydrogen) atoms. The maximum Gasteiger partial charge on any atom is 0.259 e. The van der Waals surface area contributed by atoms with Gasteiger partial charge in [0.1, 0.15) is 5.75 Å². The van der Waals surface area contributed by atoms with E-state index in [0.29, 0.717) is 22.6 Å². The van der Waals surface area contributed by atoms with Crippen LogP contribution in [-0.2, 0) is 9.84 Å². The molecule has 0 aliphatic carbocycles. The van der Waals surface area contributed by atoms with Crippen molar-refractivity contribution in [3.8, 4) is 5.75 Å². The maximum absolute atomic E-state index is 12.5. The van der Waals surface area contributed by atoms with E-state index in [2.05, 4.69) is 10.6 Å². The third-order valence-corrected chi connectivity index (χ3v) is 5.45. The summed E-state index contributed by atoms with van der Waals surface area (Å²) in [5, 5.41) is 5.36. The molecule has 3 aromatic carbocycles. The van der Waals surface area contributed by atoms with Crippen molar-refractivity contribution in [1.29, 1.82) is 0 Å². The van der Waals surface area contributed by atoms with Crippen LogP contribution in [-0.4, -0.2) is 33.6 Å². The molecule has 0 saturated heterocycles. The number of amides is 2. The number of hydrogen-bond donors (Lipinski definition) is 2. The molecule has 0 fully saturated rings. The van der Waals surface area contributed by atoms with Crippen molar-refractivity contribution >= 4 is 33.0 Å². The van der Waals surface area contributed by atoms with Gasteiger partial charge in [-0.1, -0.05) is 24.3 Å². The Morgan fingerprint density at radius 1 is 0.800 bits per heavy atom. The summed E-state index contributed by atoms with van der Waals surface area (Å²) in [7, 11) is -2.00. The number of carbonyl (C=O) groups excluding carboxylic acids is 2. The van der Waals surface area contributed by atoms with Crippen LogP contribution in [0, 0.1) is 0 Å². The Morgan fingerprint density at radius 3 is 2.10 bits per heavy atom. The summed E-state index contributed by atoms with van der Waals surface area (Å²) >= 11 is 0. The van der Waals surface area contributed by atoms with Crippen molar-refractivity contribution < 1.29 is 22.7 Å². The highest BCUT2D eigenvalue weighted by Gasteiger charge is 2.16. The zero-order chi connectivity index (χ0) is 21.7. The predicted molar refractivity (Wildman–Crippen MR) is 115 cm³/mol. The maximum atomic E-state index is 12.5. The fraction of sp³-hybridized carbons (Fsp3) is 0.0909. The van der Waals surface area contributed by atoms with Crippen LogP contribution in [0.15, 0.2) is 77.7 Å². The number of rotatable bonds is 6. The Bertz CT molecular complexity index is 1190. The van der Waals surface area contributed by atoms with Crippen molar-refractivity contribution in [2.75, 3.05) is 24.0 Å². The summed E-state index contributed by atoms with van der Waals surface area (Å²) < 4.78 is 29.0. The number of nitrogens with one attached hydrogen (secondary N) is 2. The molecular formula is C22H20N2O5S. The lowest BCUT2D eigenvalue weighted by Crippen LogP contribution is -2.15. The third-order valence-electron chi connectivity index (χ3n) is 4.29. The molecule has 0 heterocycles. The third kappa shape index (κ3) is 4.84. The standard InChI is InChI=1S/C22H20N2O5S/c1-29-19-9-5-3-7-17(19)22(26)23-16-13-11-15(12-14-16)21(25)24-18-8-4-6-10-20(18)30(2,27)28/h3-14H,1-2H3,(H,23,26)(H,24,25). The number of methoxy groups -OCH3 is 1. The van der Waals surface area contributed by atoms with Gasteiger partial charge in [0.2, 0.25) is 0 Å². The number of carbonyl (C=O) groups is 2. The monoisotopic (exact) mass is 424 g/mol. The van der Waals surface area contributed by atoms with E-state index in [9.17, 15) is 18.0 Å². The molecule has 0 aromatic heterocycles. The van der Waals surface area contributed by atoms with Crippen LogP contribution in [0.4, 0.5) is 11.4 Å². The van der Waals surface area contributed by atoms with Gasteiger partial charge in [0.05, 0.1) is 23.3 Å². The molecule has 0 aliphatic heterocycles. The molecule has 2 N–H and O–H groups in total. The minimum atomic E-state index is -3.49. The van der Waals surface area contributed by atoms with Crippen molar-refractivity contribution in [3.63, 3.8) is 0 Å². The highest BCUT2D eigenvalue weighted by molar-refractivity contribution is 7.90. The van der Waals surface area contributed by atoms with Gasteiger partial charge in [0, 0.05) is 17.5 Å². The van der Waals surface area contributed by atoms with E-state index < -0.39 is 15.7 Å². The van der Waals surface area contributed by atoms with Gasteiger partial charge in [-0.2, -0.15) is 0 Å². The van der Waals surface area contributed by atoms with Gasteiger partial charge in [-0.05, 0) is 48.5 Å². The highest BCUT2D eigenvalue weighted by Crippen LogP contribution is 2.22. The van der Waals surface area contributed by atoms with E-state index in [1.165, 1.54) is 31.4 Å². The zero-order valence-electron chi connectivity index (χ0n) is 16.4. The second-order valence-electron chi connectivity index (χ2n) is 6.45. The van der Waals surface area contributed by atoms with E-state index >= 15 is 0 Å². The first-order chi connectivity index (χ1) is 14.3. The zero-order valence-corrected chi connectivity index (χ0v) is 17.2. The fourth-order valence-corrected chi connectivity index (χ4v) is 3.67. The topological polar surface area (TPSA) is 102 Å². The Hall–Kier alpha value is -3.65. The minimum absolute atomic E-state index is 0.0408. The van der Waals surface area contributed by atoms with Gasteiger partial charge in [-0.25, -0.2) is 8.42 Å². The Balaban J connectivity index is 1.73. The molecule has 0 saturated carbocycles. The molecule has 0 aliphatic rings. The lowest BCUT2D eigenvalue weighted by atomic mass is 10.1. The molecule has 0 radical (unpaired) electrons. The summed E-state index contributed by atoms with van der Waals surface area (Å²) in [6, 6.07) is 19.3. The van der Waals surface area contributed by atoms with E-state index in [-0.39, 0.29) is 16.5 Å². The van der Waals surface area contributed by atoms with Gasteiger partial charge in [0.25, 0.3) is 11.8 Å². The molecule has 154 valence electrons. The van der Waals surface area contributed by atoms with E-state index in [4.69, 9.17) is 4.74 Å². The number of ether oxygens (including phenoxy) is 1. The molecular weight excluding hydrogens is 404 g/mol. The average Bonchev–Trinajstić information content (AvgIpc) is 2.73. The van der Waals surface area contributed by atoms with Crippen LogP contribution in [0.1, 0.15) is 20.7 Å². The largest absolute Gasteiger partial charge is 0.496 e. The van der Waals surface area contributed by atoms with Gasteiger partial charge in [0.15, 0.2) is 9.84 Å². The average molecular weight is 424 g/mol. The molecule has 0 bridgehead atoms. The predicted octanol–water partition coefficient (Wildman–Crippen LogP) is 3.60. The molecule has 7 nitrogen and oxygen atoms in total. The van der Waals surface area contributed by atoms with Crippen LogP contribution in [0.2, 0.25) is 0 Å². The summed E-state index contributed by atoms with van der Waals surface area (Å²) in [5.41, 5.74) is 1.41. The van der Waals surface area contributed by atoms with Gasteiger partial charge in [-0.3, -0.25) is 9.59 Å². The lowest BCUT2D eigenvalue weighted by Gasteiger charge is -2.11. The van der Waals surface area contributed by atoms with E-state index in [1.54, 1.807) is 48.5 Å². The number of para-hydroxylation sites is 2. The van der Waals surface area contributed by atoms with E-state index in [1.807, 2.05) is 0 Å². The van der Waals surface area contributed by atoms with Crippen molar-refractivity contribution in [3.05, 3.63) is 83.9 Å². The number of anilines is 2. The molecule has 0 spiro atoms. The van der Waals surface area contributed by atoms with Crippen LogP contribution in [0.3, 0.4) is 0 Å². The van der Waals surface area contributed by atoms with Crippen LogP contribution in [0.5, 0.6) is 5.75 Å². The summed E-state index contributed by atoms with van der Waals surface area (Å²) in [5.74, 6) is -0.351. The van der Waals surface area contributed by atoms with Crippen LogP contribution < -0.4 is 15.4 Å². The first-order valence-electron chi connectivity index (χ1n) is 8.94. The SMILES string of the molecule is COc1ccccc1C(=O)Nc1ccc(C(=O)Nc2ccccc2S(C)(=O)=O)cc1. The minimum Gasteiger partial charge on any atom is -0.496 e. The second-order valence-corrected chi connectivity index (χ2v) is 8.44. The Kier molecular flexibility index (Phi) is 6.17. The Labute approximate surface area is 174 Å². The molecule has 2 amide bonds. The molecule has 3 rings (SSSR count). The second kappa shape index (κ2) is 8.79. The first kappa shape index (κ1) is 21.1. The van der Waals surface area contributed by atoms with E-state index in [0.717, 1.165) is 6.26 Å². The normalized spacial score (nSPS) is 10.9. The highest BCUT2D eigenvalue weighted by atomic mass is 32.2. The first-order valence-corrected chi connectivity index (χ1v) is 10.8. The Morgan fingerprint density at radius 2 is 1.43 bits per heavy atom. The van der Waals surface area contributed by atoms with Crippen molar-refractivity contribution in [1.82, 2.24) is 0 Å². The van der Waals surface area contributed by atoms with Crippen LogP contribution in [0.25, 0.3) is 0 Å². The molecule has 0 unspecified atom stereocenters. The van der Waals surface area contributed by atoms with Crippen LogP contribution >= 0.6 is 0 Å². The molecule has 0 atom stereocenters. The summed E-state index contributed by atoms with van der Waals surface area (Å²) in [6.45, 7) is 0. The number of hydrogen-bond acceptors (Lipinski definition) is 5. The lowest BCUT2D eigenvalue weighted by molar-refractivity contribution is 0.101. The summed E-state index contributed by atoms with van der Waals surface area (Å²) in [6.07, 6.45) is 1.08. The van der Waals surface area contributed by atoms with Gasteiger partial charge < -0.3 is 15.4 Å². The quantitative estimate of drug-likeness (QED) is 0.630. The van der Waals surface area contributed by atoms with Gasteiger partial charge in [-0.15, -0.1) is 0 Å². The smallest absolute Gasteiger partial charge is 0.259 e. The number of benzene rings is 3. The van der Waals surface area contributed by atoms with Crippen molar-refractivity contribution in [2.45, 2.75) is 4.90 Å².